The minimum atomic E-state index is -0.480. The van der Waals surface area contributed by atoms with Crippen LogP contribution in [-0.4, -0.2) is 5.91 Å². The molecule has 6 heteroatoms. The molecule has 4 nitrogen and oxygen atoms in total. The number of carbonyl (C=O) groups excluding carboxylic acids is 1. The Morgan fingerprint density at radius 2 is 2.31 bits per heavy atom. The number of primary amides is 1. The summed E-state index contributed by atoms with van der Waals surface area (Å²) >= 11 is 2.96. The molecule has 0 aliphatic carbocycles. The molecule has 1 amide bonds. The van der Waals surface area contributed by atoms with E-state index in [9.17, 15) is 4.79 Å². The van der Waals surface area contributed by atoms with Crippen molar-refractivity contribution in [3.05, 3.63) is 33.3 Å². The molecule has 2 aromatic rings. The van der Waals surface area contributed by atoms with Gasteiger partial charge in [0, 0.05) is 4.88 Å². The summed E-state index contributed by atoms with van der Waals surface area (Å²) < 4.78 is 0. The normalized spacial score (nSPS) is 10.2. The van der Waals surface area contributed by atoms with Crippen molar-refractivity contribution in [2.24, 2.45) is 5.73 Å². The Hall–Kier alpha value is -1.53. The lowest BCUT2D eigenvalue weighted by molar-refractivity contribution is 0.100. The Kier molecular flexibility index (Phi) is 3.12. The number of amides is 1. The fourth-order valence-electron chi connectivity index (χ4n) is 1.27. The maximum atomic E-state index is 11.0. The number of hydrogen-bond donors (Lipinski definition) is 3. The minimum absolute atomic E-state index is 0.411. The Labute approximate surface area is 101 Å². The molecule has 2 rings (SSSR count). The molecule has 84 valence electrons. The molecule has 0 aliphatic heterocycles. The number of nitrogens with two attached hydrogens (primary N) is 2. The average molecular weight is 253 g/mol. The fourth-order valence-corrected chi connectivity index (χ4v) is 2.74. The Morgan fingerprint density at radius 1 is 1.50 bits per heavy atom. The van der Waals surface area contributed by atoms with Crippen LogP contribution in [0.3, 0.4) is 0 Å². The standard InChI is InChI=1S/C10H11N3OS2/c11-7-4-8(16-9(7)10(12)14)13-5-6-2-1-3-15-6/h1-4,13H,5,11H2,(H2,12,14). The van der Waals surface area contributed by atoms with Gasteiger partial charge >= 0.3 is 0 Å². The molecular weight excluding hydrogens is 242 g/mol. The highest BCUT2D eigenvalue weighted by Gasteiger charge is 2.10. The summed E-state index contributed by atoms with van der Waals surface area (Å²) in [5, 5.41) is 6.09. The second-order valence-corrected chi connectivity index (χ2v) is 5.28. The highest BCUT2D eigenvalue weighted by atomic mass is 32.1. The van der Waals surface area contributed by atoms with Gasteiger partial charge in [0.05, 0.1) is 17.2 Å². The van der Waals surface area contributed by atoms with E-state index in [1.165, 1.54) is 16.2 Å². The first-order chi connectivity index (χ1) is 7.66. The van der Waals surface area contributed by atoms with Crippen molar-refractivity contribution in [1.29, 1.82) is 0 Å². The van der Waals surface area contributed by atoms with Gasteiger partial charge < -0.3 is 16.8 Å². The SMILES string of the molecule is NC(=O)c1sc(NCc2cccs2)cc1N. The van der Waals surface area contributed by atoms with Crippen LogP contribution in [0, 0.1) is 0 Å². The monoisotopic (exact) mass is 253 g/mol. The van der Waals surface area contributed by atoms with Crippen LogP contribution in [0.1, 0.15) is 14.5 Å². The second-order valence-electron chi connectivity index (χ2n) is 3.19. The van der Waals surface area contributed by atoms with Gasteiger partial charge in [-0.15, -0.1) is 22.7 Å². The van der Waals surface area contributed by atoms with Crippen LogP contribution in [-0.2, 0) is 6.54 Å². The largest absolute Gasteiger partial charge is 0.397 e. The number of carbonyl (C=O) groups is 1. The molecule has 0 saturated heterocycles. The summed E-state index contributed by atoms with van der Waals surface area (Å²) in [6, 6.07) is 5.78. The van der Waals surface area contributed by atoms with Gasteiger partial charge in [-0.2, -0.15) is 0 Å². The van der Waals surface area contributed by atoms with Gasteiger partial charge in [0.15, 0.2) is 0 Å². The molecule has 0 bridgehead atoms. The van der Waals surface area contributed by atoms with Crippen LogP contribution in [0.25, 0.3) is 0 Å². The lowest BCUT2D eigenvalue weighted by Gasteiger charge is -1.99. The zero-order valence-corrected chi connectivity index (χ0v) is 10.0. The van der Waals surface area contributed by atoms with Gasteiger partial charge in [-0.3, -0.25) is 4.79 Å². The third kappa shape index (κ3) is 2.34. The maximum Gasteiger partial charge on any atom is 0.260 e. The van der Waals surface area contributed by atoms with Crippen LogP contribution in [0.15, 0.2) is 23.6 Å². The van der Waals surface area contributed by atoms with E-state index in [1.807, 2.05) is 17.5 Å². The van der Waals surface area contributed by atoms with Gasteiger partial charge in [0.25, 0.3) is 5.91 Å². The molecule has 2 aromatic heterocycles. The third-order valence-corrected chi connectivity index (χ3v) is 4.00. The van der Waals surface area contributed by atoms with Crippen molar-refractivity contribution in [2.75, 3.05) is 11.1 Å². The number of anilines is 2. The lowest BCUT2D eigenvalue weighted by Crippen LogP contribution is -2.10. The lowest BCUT2D eigenvalue weighted by atomic mass is 10.4. The van der Waals surface area contributed by atoms with Crippen molar-refractivity contribution < 1.29 is 4.79 Å². The van der Waals surface area contributed by atoms with Crippen molar-refractivity contribution in [3.63, 3.8) is 0 Å². The van der Waals surface area contributed by atoms with E-state index in [0.717, 1.165) is 11.5 Å². The molecular formula is C10H11N3OS2. The fraction of sp³-hybridized carbons (Fsp3) is 0.100. The highest BCUT2D eigenvalue weighted by Crippen LogP contribution is 2.29. The highest BCUT2D eigenvalue weighted by molar-refractivity contribution is 7.18. The van der Waals surface area contributed by atoms with Gasteiger partial charge in [-0.25, -0.2) is 0 Å². The Morgan fingerprint density at radius 3 is 2.88 bits per heavy atom. The van der Waals surface area contributed by atoms with E-state index < -0.39 is 5.91 Å². The van der Waals surface area contributed by atoms with Crippen LogP contribution in [0.4, 0.5) is 10.7 Å². The summed E-state index contributed by atoms with van der Waals surface area (Å²) in [4.78, 5) is 12.6. The van der Waals surface area contributed by atoms with Crippen molar-refractivity contribution >= 4 is 39.3 Å². The number of thiophene rings is 2. The predicted molar refractivity (Wildman–Crippen MR) is 68.9 cm³/mol. The van der Waals surface area contributed by atoms with E-state index in [0.29, 0.717) is 10.6 Å². The van der Waals surface area contributed by atoms with Gasteiger partial charge in [-0.05, 0) is 17.5 Å². The zero-order chi connectivity index (χ0) is 11.5. The molecule has 0 unspecified atom stereocenters. The van der Waals surface area contributed by atoms with Gasteiger partial charge in [0.2, 0.25) is 0 Å². The average Bonchev–Trinajstić information content (AvgIpc) is 2.83. The molecule has 0 saturated carbocycles. The molecule has 2 heterocycles. The summed E-state index contributed by atoms with van der Waals surface area (Å²) in [5.41, 5.74) is 11.3. The first kappa shape index (κ1) is 11.0. The molecule has 0 spiro atoms. The topological polar surface area (TPSA) is 81.1 Å². The molecule has 0 radical (unpaired) electrons. The Bertz CT molecular complexity index is 490. The molecule has 16 heavy (non-hydrogen) atoms. The van der Waals surface area contributed by atoms with Crippen molar-refractivity contribution in [3.8, 4) is 0 Å². The first-order valence-electron chi connectivity index (χ1n) is 4.62. The predicted octanol–water partition coefficient (Wildman–Crippen LogP) is 2.10. The van der Waals surface area contributed by atoms with E-state index in [2.05, 4.69) is 5.32 Å². The van der Waals surface area contributed by atoms with Crippen LogP contribution < -0.4 is 16.8 Å². The molecule has 5 N–H and O–H groups in total. The van der Waals surface area contributed by atoms with E-state index in [-0.39, 0.29) is 0 Å². The smallest absolute Gasteiger partial charge is 0.260 e. The summed E-state index contributed by atoms with van der Waals surface area (Å²) in [6.07, 6.45) is 0. The van der Waals surface area contributed by atoms with Crippen molar-refractivity contribution in [2.45, 2.75) is 6.54 Å². The summed E-state index contributed by atoms with van der Waals surface area (Å²) in [7, 11) is 0. The van der Waals surface area contributed by atoms with Gasteiger partial charge in [0.1, 0.15) is 4.88 Å². The molecule has 0 aromatic carbocycles. The molecule has 0 fully saturated rings. The number of nitrogen functional groups attached to an aromatic ring is 1. The molecule has 0 aliphatic rings. The van der Waals surface area contributed by atoms with Crippen molar-refractivity contribution in [1.82, 2.24) is 0 Å². The molecule has 0 atom stereocenters. The number of nitrogens with one attached hydrogen (secondary N) is 1. The summed E-state index contributed by atoms with van der Waals surface area (Å²) in [5.74, 6) is -0.480. The first-order valence-corrected chi connectivity index (χ1v) is 6.32. The third-order valence-electron chi connectivity index (χ3n) is 2.00. The minimum Gasteiger partial charge on any atom is -0.397 e. The van der Waals surface area contributed by atoms with Gasteiger partial charge in [-0.1, -0.05) is 6.07 Å². The second kappa shape index (κ2) is 4.54. The van der Waals surface area contributed by atoms with Crippen LogP contribution >= 0.6 is 22.7 Å². The van der Waals surface area contributed by atoms with E-state index in [4.69, 9.17) is 11.5 Å². The van der Waals surface area contributed by atoms with Crippen LogP contribution in [0.5, 0.6) is 0 Å². The maximum absolute atomic E-state index is 11.0. The number of hydrogen-bond acceptors (Lipinski definition) is 5. The van der Waals surface area contributed by atoms with Crippen LogP contribution in [0.2, 0.25) is 0 Å². The summed E-state index contributed by atoms with van der Waals surface area (Å²) in [6.45, 7) is 0.732. The van der Waals surface area contributed by atoms with E-state index >= 15 is 0 Å². The number of rotatable bonds is 4. The quantitative estimate of drug-likeness (QED) is 0.780. The Balaban J connectivity index is 2.05. The van der Waals surface area contributed by atoms with E-state index in [1.54, 1.807) is 17.4 Å². The zero-order valence-electron chi connectivity index (χ0n) is 8.40.